The van der Waals surface area contributed by atoms with Gasteiger partial charge < -0.3 is 49.2 Å². The Morgan fingerprint density at radius 3 is 0.938 bits per heavy atom. The Morgan fingerprint density at radius 1 is 0.370 bits per heavy atom. The highest BCUT2D eigenvalue weighted by molar-refractivity contribution is 6.31. The van der Waals surface area contributed by atoms with Crippen LogP contribution in [0.3, 0.4) is 0 Å². The number of ether oxygens (including phenoxy) is 6. The SMILES string of the molecule is C1CCNCC1.Cc1cc2c(ccc(C)[n+]2[O-])c(-c2ccc(Cl)cc2)c1[C@@H](COC(=O)C(C)(C)C)OC(C)(C)C.Cc1cc2nc(CN3CCCCC3)ccc2c(-c2ccc(Cl)cc2)c1[C@@H](CO)OC(C)(C)C.Cc1cc2nc(CN3CCCCC3)ccc2c(-c2ccc(Cl)cc2)c1[C@@H](COC(=O)C(C)(C)C)OC(C)(C)C.Cc1cc2nc(CN3CCCCC3)ccc2c(-c2ccc(Cl)cc2)c1[C@H](OC(C)(C)C)C(=O)O. The third kappa shape index (κ3) is 32.2. The van der Waals surface area contributed by atoms with Crippen molar-refractivity contribution < 1.29 is 57.7 Å². The Labute approximate surface area is 887 Å². The molecule has 0 amide bonds. The second kappa shape index (κ2) is 50.8. The van der Waals surface area contributed by atoms with E-state index in [9.17, 15) is 29.8 Å². The number of likely N-dealkylation sites (tertiary alicyclic amines) is 3. The number of aliphatic hydroxyl groups is 1. The van der Waals surface area contributed by atoms with Gasteiger partial charge in [0, 0.05) is 86.1 Å². The number of aliphatic carboxylic acids is 1. The summed E-state index contributed by atoms with van der Waals surface area (Å²) in [6.07, 6.45) is 13.1. The van der Waals surface area contributed by atoms with Crippen LogP contribution < -0.4 is 10.0 Å². The number of aryl methyl sites for hydroxylation is 5. The van der Waals surface area contributed by atoms with Crippen LogP contribution in [0.5, 0.6) is 0 Å². The summed E-state index contributed by atoms with van der Waals surface area (Å²) in [5.41, 5.74) is 19.1. The number of carboxylic acids is 1. The van der Waals surface area contributed by atoms with E-state index in [2.05, 4.69) is 82.4 Å². The Kier molecular flexibility index (Phi) is 40.1. The average molecular weight is 2070 g/mol. The van der Waals surface area contributed by atoms with Gasteiger partial charge in [-0.3, -0.25) is 39.2 Å². The number of aromatic nitrogens is 4. The van der Waals surface area contributed by atoms with Crippen LogP contribution in [0.15, 0.2) is 170 Å². The van der Waals surface area contributed by atoms with Crippen molar-refractivity contribution in [1.29, 1.82) is 0 Å². The molecule has 20 nitrogen and oxygen atoms in total. The van der Waals surface area contributed by atoms with Gasteiger partial charge in [0.25, 0.3) is 0 Å². The smallest absolute Gasteiger partial charge is 0.337 e. The number of aliphatic hydroxyl groups excluding tert-OH is 1. The number of piperidine rings is 4. The summed E-state index contributed by atoms with van der Waals surface area (Å²) in [7, 11) is 0. The summed E-state index contributed by atoms with van der Waals surface area (Å²) in [4.78, 5) is 60.4. The number of pyridine rings is 4. The van der Waals surface area contributed by atoms with Gasteiger partial charge >= 0.3 is 17.9 Å². The maximum absolute atomic E-state index is 12.9. The molecule has 8 aromatic carbocycles. The number of fused-ring (bicyclic) bond motifs is 4. The van der Waals surface area contributed by atoms with E-state index in [1.807, 2.05) is 260 Å². The largest absolute Gasteiger partial charge is 0.618 e. The minimum Gasteiger partial charge on any atom is -0.618 e. The molecule has 0 saturated carbocycles. The van der Waals surface area contributed by atoms with Gasteiger partial charge in [0.1, 0.15) is 31.5 Å². The van der Waals surface area contributed by atoms with Crippen molar-refractivity contribution in [3.05, 3.63) is 262 Å². The van der Waals surface area contributed by atoms with Crippen LogP contribution in [0.1, 0.15) is 293 Å². The lowest BCUT2D eigenvalue weighted by Gasteiger charge is -2.31. The molecule has 4 aliphatic heterocycles. The second-order valence-electron chi connectivity index (χ2n) is 45.6. The first-order valence-corrected chi connectivity index (χ1v) is 53.7. The maximum Gasteiger partial charge on any atom is 0.337 e. The normalized spacial score (nSPS) is 15.7. The molecular formula is C122H156Cl4N8O12. The molecule has 0 unspecified atom stereocenters. The average Bonchev–Trinajstić information content (AvgIpc) is 0.759. The highest BCUT2D eigenvalue weighted by Crippen LogP contribution is 2.47. The molecule has 16 rings (SSSR count). The molecule has 12 aromatic rings. The van der Waals surface area contributed by atoms with Crippen molar-refractivity contribution in [2.24, 2.45) is 10.8 Å². The highest BCUT2D eigenvalue weighted by atomic mass is 35.5. The predicted octanol–water partition coefficient (Wildman–Crippen LogP) is 29.4. The number of carbonyl (C=O) groups is 3. The number of esters is 2. The summed E-state index contributed by atoms with van der Waals surface area (Å²) in [6.45, 7) is 56.5. The number of rotatable bonds is 24. The minimum absolute atomic E-state index is 0.0591. The summed E-state index contributed by atoms with van der Waals surface area (Å²) in [5, 5.41) is 43.2. The van der Waals surface area contributed by atoms with Crippen molar-refractivity contribution in [2.75, 3.05) is 72.2 Å². The Balaban J connectivity index is 0.000000170. The van der Waals surface area contributed by atoms with E-state index >= 15 is 0 Å². The number of carbonyl (C=O) groups excluding carboxylic acids is 2. The number of benzene rings is 8. The summed E-state index contributed by atoms with van der Waals surface area (Å²) >= 11 is 24.8. The molecule has 3 N–H and O–H groups in total. The van der Waals surface area contributed by atoms with E-state index in [4.69, 9.17) is 89.8 Å². The summed E-state index contributed by atoms with van der Waals surface area (Å²) in [6, 6.07) is 55.5. The van der Waals surface area contributed by atoms with Crippen molar-refractivity contribution in [1.82, 2.24) is 35.0 Å². The van der Waals surface area contributed by atoms with Crippen LogP contribution in [-0.2, 0) is 62.4 Å². The molecule has 146 heavy (non-hydrogen) atoms. The first kappa shape index (κ1) is 115. The lowest BCUT2D eigenvalue weighted by molar-refractivity contribution is -0.584. The minimum atomic E-state index is -1.11. The van der Waals surface area contributed by atoms with Crippen LogP contribution in [0.4, 0.5) is 0 Å². The molecule has 4 saturated heterocycles. The molecule has 0 spiro atoms. The lowest BCUT2D eigenvalue weighted by Crippen LogP contribution is -2.32. The van der Waals surface area contributed by atoms with Crippen LogP contribution in [0, 0.1) is 50.7 Å². The fourth-order valence-corrected chi connectivity index (χ4v) is 20.1. The number of nitrogens with zero attached hydrogens (tertiary/aromatic N) is 7. The van der Waals surface area contributed by atoms with Gasteiger partial charge in [-0.25, -0.2) is 4.79 Å². The molecule has 4 fully saturated rings. The van der Waals surface area contributed by atoms with Crippen LogP contribution in [0.25, 0.3) is 88.1 Å². The van der Waals surface area contributed by atoms with Gasteiger partial charge in [-0.15, -0.1) is 0 Å². The second-order valence-corrected chi connectivity index (χ2v) is 47.3. The molecule has 4 aromatic heterocycles. The molecule has 0 radical (unpaired) electrons. The highest BCUT2D eigenvalue weighted by Gasteiger charge is 2.37. The monoisotopic (exact) mass is 2070 g/mol. The van der Waals surface area contributed by atoms with Gasteiger partial charge in [0.05, 0.1) is 78.9 Å². The van der Waals surface area contributed by atoms with Gasteiger partial charge in [-0.2, -0.15) is 4.73 Å². The third-order valence-corrected chi connectivity index (χ3v) is 27.3. The Hall–Kier alpha value is -9.59. The molecule has 784 valence electrons. The molecule has 4 aliphatic rings. The maximum atomic E-state index is 12.9. The summed E-state index contributed by atoms with van der Waals surface area (Å²) in [5.74, 6) is -1.56. The molecule has 4 atom stereocenters. The van der Waals surface area contributed by atoms with Crippen molar-refractivity contribution in [3.63, 3.8) is 0 Å². The number of carboxylic acid groups (broad SMARTS) is 1. The van der Waals surface area contributed by atoms with Gasteiger partial charge in [-0.1, -0.05) is 139 Å². The zero-order valence-electron chi connectivity index (χ0n) is 90.5. The molecule has 0 aliphatic carbocycles. The van der Waals surface area contributed by atoms with Gasteiger partial charge in [0.15, 0.2) is 11.8 Å². The first-order chi connectivity index (χ1) is 68.9. The lowest BCUT2D eigenvalue weighted by atomic mass is 9.88. The van der Waals surface area contributed by atoms with Crippen molar-refractivity contribution in [3.8, 4) is 44.5 Å². The Morgan fingerprint density at radius 2 is 0.651 bits per heavy atom. The van der Waals surface area contributed by atoms with Crippen LogP contribution in [0.2, 0.25) is 20.1 Å². The zero-order chi connectivity index (χ0) is 106. The standard InChI is InChI=1S/C33H43ClN2O3.C28H33ClN2O3.C28H35ClN2O2.C28H34ClNO4.C5H11N/c1-22-19-27-26(16-15-25(35-27)20-36-17-9-8-10-18-36)30(23-11-13-24(34)14-12-23)29(22)28(39-33(5,6)7)21-38-31(37)32(2,3)4;1-18-16-23-22(13-12-21(30-23)17-31-14-6-5-7-15-31)25(19-8-10-20(29)11-9-19)24(18)26(27(32)33)34-28(2,3)4;1-19-16-24-23(13-12-22(30-24)17-31-14-6-5-7-15-31)27(20-8-10-21(29)11-9-20)26(19)25(18-32)33-28(2,3)4;1-17-15-22-21(14-9-18(2)30(22)32)25(19-10-12-20(29)13-11-19)24(17)23(34-28(6,7)8)16-33-26(31)27(3,4)5;1-2-4-6-5-3-1/h11-16,19,28H,8-10,17-18,20-21H2,1-7H3;8-13,16,26H,5-7,14-15,17H2,1-4H3,(H,32,33);8-13,16,25,32H,5-7,14-15,17-18H2,1-4H3;9-15,23H,16H2,1-8H3;6H,1-5H2/t28-;26-;25-;23-;/m1011./s1. The number of hydrogen-bond acceptors (Lipinski definition) is 18. The molecule has 8 heterocycles. The van der Waals surface area contributed by atoms with E-state index in [1.165, 1.54) is 90.1 Å². The fraction of sp³-hybridized carbons (Fsp3) is 0.484. The number of halogens is 4. The Bertz CT molecular complexity index is 6420. The van der Waals surface area contributed by atoms with Gasteiger partial charge in [-0.05, 0) is 425 Å². The van der Waals surface area contributed by atoms with E-state index < -0.39 is 58.0 Å². The summed E-state index contributed by atoms with van der Waals surface area (Å²) < 4.78 is 38.0. The fourth-order valence-electron chi connectivity index (χ4n) is 19.6. The van der Waals surface area contributed by atoms with Gasteiger partial charge in [0.2, 0.25) is 5.52 Å². The zero-order valence-corrected chi connectivity index (χ0v) is 93.5. The van der Waals surface area contributed by atoms with Crippen molar-refractivity contribution >= 4 is 108 Å². The van der Waals surface area contributed by atoms with E-state index in [1.54, 1.807) is 6.92 Å². The van der Waals surface area contributed by atoms with Crippen LogP contribution in [-0.4, -0.2) is 152 Å². The van der Waals surface area contributed by atoms with E-state index in [0.29, 0.717) is 36.9 Å². The van der Waals surface area contributed by atoms with E-state index in [0.717, 1.165) is 202 Å². The number of nitrogens with one attached hydrogen (secondary N) is 1. The molecular weight excluding hydrogens is 1910 g/mol. The first-order valence-electron chi connectivity index (χ1n) is 52.1. The number of hydrogen-bond donors (Lipinski definition) is 3. The third-order valence-electron chi connectivity index (χ3n) is 26.3. The molecule has 24 heteroatoms. The van der Waals surface area contributed by atoms with E-state index in [-0.39, 0.29) is 37.4 Å². The molecule has 0 bridgehead atoms. The predicted molar refractivity (Wildman–Crippen MR) is 598 cm³/mol. The van der Waals surface area contributed by atoms with Crippen molar-refractivity contribution in [2.45, 2.75) is 303 Å². The quantitative estimate of drug-likeness (QED) is 0.0290. The van der Waals surface area contributed by atoms with Crippen LogP contribution >= 0.6 is 46.4 Å². The topological polar surface area (TPSA) is 234 Å².